The summed E-state index contributed by atoms with van der Waals surface area (Å²) in [6.45, 7) is 15.0. The summed E-state index contributed by atoms with van der Waals surface area (Å²) in [4.78, 5) is 0. The van der Waals surface area contributed by atoms with Gasteiger partial charge in [0.25, 0.3) is 0 Å². The van der Waals surface area contributed by atoms with Gasteiger partial charge in [-0.05, 0) is 72.0 Å². The lowest BCUT2D eigenvalue weighted by atomic mass is 9.72. The van der Waals surface area contributed by atoms with Crippen LogP contribution >= 0.6 is 0 Å². The second-order valence-corrected chi connectivity index (χ2v) is 10.0. The quantitative estimate of drug-likeness (QED) is 0.475. The molecular weight excluding hydrogens is 252 g/mol. The van der Waals surface area contributed by atoms with Crippen LogP contribution in [0.5, 0.6) is 0 Å². The van der Waals surface area contributed by atoms with Crippen LogP contribution in [-0.4, -0.2) is 0 Å². The summed E-state index contributed by atoms with van der Waals surface area (Å²) in [5.41, 5.74) is 1.28. The third-order valence-electron chi connectivity index (χ3n) is 8.15. The van der Waals surface area contributed by atoms with Gasteiger partial charge in [-0.25, -0.2) is 0 Å². The van der Waals surface area contributed by atoms with Crippen LogP contribution in [0.2, 0.25) is 0 Å². The topological polar surface area (TPSA) is 0 Å². The molecule has 3 aliphatic rings. The van der Waals surface area contributed by atoms with E-state index in [1.54, 1.807) is 19.3 Å². The Morgan fingerprint density at radius 1 is 1.24 bits per heavy atom. The van der Waals surface area contributed by atoms with Crippen LogP contribution < -0.4 is 0 Å². The van der Waals surface area contributed by atoms with Crippen molar-refractivity contribution in [2.45, 2.75) is 86.5 Å². The molecule has 0 aliphatic heterocycles. The monoisotopic (exact) mass is 290 g/mol. The van der Waals surface area contributed by atoms with Gasteiger partial charge in [-0.1, -0.05) is 60.8 Å². The minimum atomic E-state index is 0.567. The SMILES string of the molecule is CCC(C)C(C)(C)C1CC1C(CC1CC1)CC1(C)CC1C. The summed E-state index contributed by atoms with van der Waals surface area (Å²) in [6.07, 6.45) is 10.6. The normalized spacial score (nSPS) is 41.7. The average molecular weight is 291 g/mol. The molecule has 0 N–H and O–H groups in total. The van der Waals surface area contributed by atoms with E-state index in [2.05, 4.69) is 41.5 Å². The van der Waals surface area contributed by atoms with Crippen molar-refractivity contribution in [1.29, 1.82) is 0 Å². The second kappa shape index (κ2) is 5.27. The zero-order chi connectivity index (χ0) is 15.4. The first-order chi connectivity index (χ1) is 9.78. The summed E-state index contributed by atoms with van der Waals surface area (Å²) >= 11 is 0. The van der Waals surface area contributed by atoms with Crippen LogP contribution in [-0.2, 0) is 0 Å². The highest BCUT2D eigenvalue weighted by molar-refractivity contribution is 5.05. The van der Waals surface area contributed by atoms with E-state index in [0.29, 0.717) is 10.8 Å². The van der Waals surface area contributed by atoms with Gasteiger partial charge >= 0.3 is 0 Å². The van der Waals surface area contributed by atoms with Gasteiger partial charge in [-0.3, -0.25) is 0 Å². The Balaban J connectivity index is 1.62. The number of hydrogen-bond acceptors (Lipinski definition) is 0. The Labute approximate surface area is 133 Å². The molecule has 0 aromatic rings. The minimum absolute atomic E-state index is 0.567. The molecule has 0 saturated heterocycles. The third-order valence-corrected chi connectivity index (χ3v) is 8.15. The number of rotatable bonds is 8. The highest BCUT2D eigenvalue weighted by Gasteiger charge is 2.56. The molecule has 3 rings (SSSR count). The zero-order valence-electron chi connectivity index (χ0n) is 15.4. The molecule has 6 unspecified atom stereocenters. The van der Waals surface area contributed by atoms with Crippen molar-refractivity contribution in [2.75, 3.05) is 0 Å². The summed E-state index contributed by atoms with van der Waals surface area (Å²) in [5.74, 6) is 6.14. The van der Waals surface area contributed by atoms with Crippen molar-refractivity contribution in [1.82, 2.24) is 0 Å². The van der Waals surface area contributed by atoms with Crippen molar-refractivity contribution >= 4 is 0 Å². The van der Waals surface area contributed by atoms with Crippen LogP contribution in [0.25, 0.3) is 0 Å². The Bertz CT molecular complexity index is 377. The molecule has 122 valence electrons. The van der Waals surface area contributed by atoms with Gasteiger partial charge < -0.3 is 0 Å². The summed E-state index contributed by atoms with van der Waals surface area (Å²) in [7, 11) is 0. The molecule has 0 amide bonds. The summed E-state index contributed by atoms with van der Waals surface area (Å²) in [6, 6.07) is 0. The molecule has 0 heterocycles. The Hall–Kier alpha value is 0. The van der Waals surface area contributed by atoms with Crippen LogP contribution in [0.15, 0.2) is 0 Å². The molecule has 0 nitrogen and oxygen atoms in total. The lowest BCUT2D eigenvalue weighted by Gasteiger charge is -2.33. The van der Waals surface area contributed by atoms with E-state index in [4.69, 9.17) is 0 Å². The van der Waals surface area contributed by atoms with Crippen LogP contribution in [0.4, 0.5) is 0 Å². The van der Waals surface area contributed by atoms with Gasteiger partial charge in [0.15, 0.2) is 0 Å². The summed E-state index contributed by atoms with van der Waals surface area (Å²) < 4.78 is 0. The van der Waals surface area contributed by atoms with Gasteiger partial charge in [-0.15, -0.1) is 0 Å². The van der Waals surface area contributed by atoms with E-state index in [1.807, 2.05) is 0 Å². The highest BCUT2D eigenvalue weighted by atomic mass is 14.6. The highest BCUT2D eigenvalue weighted by Crippen LogP contribution is 2.64. The van der Waals surface area contributed by atoms with Crippen molar-refractivity contribution < 1.29 is 0 Å². The molecule has 0 aromatic carbocycles. The molecule has 0 heteroatoms. The molecule has 3 saturated carbocycles. The van der Waals surface area contributed by atoms with Crippen LogP contribution in [0.1, 0.15) is 86.5 Å². The predicted octanol–water partition coefficient (Wildman–Crippen LogP) is 6.55. The second-order valence-electron chi connectivity index (χ2n) is 10.0. The molecule has 0 bridgehead atoms. The molecule has 21 heavy (non-hydrogen) atoms. The van der Waals surface area contributed by atoms with Gasteiger partial charge in [-0.2, -0.15) is 0 Å². The average Bonchev–Trinajstić information content (AvgIpc) is 3.26. The lowest BCUT2D eigenvalue weighted by molar-refractivity contribution is 0.157. The molecule has 0 radical (unpaired) electrons. The maximum absolute atomic E-state index is 2.56. The maximum atomic E-state index is 2.56. The van der Waals surface area contributed by atoms with Crippen molar-refractivity contribution in [2.24, 2.45) is 46.3 Å². The Morgan fingerprint density at radius 2 is 1.86 bits per heavy atom. The molecule has 3 aliphatic carbocycles. The van der Waals surface area contributed by atoms with E-state index in [1.165, 1.54) is 25.7 Å². The van der Waals surface area contributed by atoms with Gasteiger partial charge in [0.2, 0.25) is 0 Å². The van der Waals surface area contributed by atoms with Gasteiger partial charge in [0.1, 0.15) is 0 Å². The van der Waals surface area contributed by atoms with Gasteiger partial charge in [0.05, 0.1) is 0 Å². The van der Waals surface area contributed by atoms with Crippen molar-refractivity contribution in [3.05, 3.63) is 0 Å². The summed E-state index contributed by atoms with van der Waals surface area (Å²) in [5, 5.41) is 0. The van der Waals surface area contributed by atoms with E-state index in [-0.39, 0.29) is 0 Å². The van der Waals surface area contributed by atoms with Crippen LogP contribution in [0, 0.1) is 46.3 Å². The Morgan fingerprint density at radius 3 is 2.33 bits per heavy atom. The van der Waals surface area contributed by atoms with E-state index in [0.717, 1.165) is 35.5 Å². The molecule has 6 atom stereocenters. The zero-order valence-corrected chi connectivity index (χ0v) is 15.4. The third kappa shape index (κ3) is 3.20. The molecule has 0 aromatic heterocycles. The van der Waals surface area contributed by atoms with E-state index >= 15 is 0 Å². The standard InChI is InChI=1S/C21H38/c1-7-14(2)20(4,5)19-11-18(19)17(10-16-8-9-16)13-21(6)12-15(21)3/h14-19H,7-13H2,1-6H3. The van der Waals surface area contributed by atoms with Crippen LogP contribution in [0.3, 0.4) is 0 Å². The first-order valence-corrected chi connectivity index (χ1v) is 9.78. The first kappa shape index (κ1) is 15.9. The van der Waals surface area contributed by atoms with E-state index < -0.39 is 0 Å². The van der Waals surface area contributed by atoms with Crippen molar-refractivity contribution in [3.8, 4) is 0 Å². The van der Waals surface area contributed by atoms with Gasteiger partial charge in [0, 0.05) is 0 Å². The number of hydrogen-bond donors (Lipinski definition) is 0. The minimum Gasteiger partial charge on any atom is -0.0651 e. The maximum Gasteiger partial charge on any atom is -0.0294 e. The smallest absolute Gasteiger partial charge is 0.0294 e. The fourth-order valence-corrected chi connectivity index (χ4v) is 5.20. The molecule has 3 fully saturated rings. The largest absolute Gasteiger partial charge is 0.0651 e. The fraction of sp³-hybridized carbons (Fsp3) is 1.00. The Kier molecular flexibility index (Phi) is 3.99. The van der Waals surface area contributed by atoms with Crippen molar-refractivity contribution in [3.63, 3.8) is 0 Å². The van der Waals surface area contributed by atoms with E-state index in [9.17, 15) is 0 Å². The fourth-order valence-electron chi connectivity index (χ4n) is 5.20. The lowest BCUT2D eigenvalue weighted by Crippen LogP contribution is -2.26. The first-order valence-electron chi connectivity index (χ1n) is 9.78. The molecular formula is C21H38. The predicted molar refractivity (Wildman–Crippen MR) is 92.2 cm³/mol. The molecule has 0 spiro atoms.